The molecule has 0 saturated heterocycles. The molecule has 0 unspecified atom stereocenters. The molecule has 1 aliphatic carbocycles. The quantitative estimate of drug-likeness (QED) is 0.725. The fourth-order valence-corrected chi connectivity index (χ4v) is 3.73. The first-order chi connectivity index (χ1) is 7.27. The molecule has 3 nitrogen and oxygen atoms in total. The number of rotatable bonds is 1. The zero-order valence-electron chi connectivity index (χ0n) is 7.97. The second-order valence-electron chi connectivity index (χ2n) is 3.80. The van der Waals surface area contributed by atoms with E-state index in [1.807, 2.05) is 18.2 Å². The van der Waals surface area contributed by atoms with Crippen LogP contribution in [0.25, 0.3) is 9.65 Å². The number of nitrogens with zero attached hydrogens (tertiary/aromatic N) is 1. The van der Waals surface area contributed by atoms with Gasteiger partial charge in [-0.1, -0.05) is 0 Å². The molecule has 4 heteroatoms. The van der Waals surface area contributed by atoms with Gasteiger partial charge in [0.15, 0.2) is 0 Å². The van der Waals surface area contributed by atoms with Crippen molar-refractivity contribution in [3.63, 3.8) is 0 Å². The normalized spacial score (nSPS) is 15.7. The number of aromatic nitrogens is 1. The number of hydrogen-bond donors (Lipinski definition) is 0. The summed E-state index contributed by atoms with van der Waals surface area (Å²) in [4.78, 5) is 23.7. The van der Waals surface area contributed by atoms with Gasteiger partial charge in [0.05, 0.1) is 0 Å². The van der Waals surface area contributed by atoms with E-state index in [9.17, 15) is 9.59 Å². The zero-order valence-corrected chi connectivity index (χ0v) is 9.69. The van der Waals surface area contributed by atoms with Gasteiger partial charge in [0.2, 0.25) is 0 Å². The topological polar surface area (TPSA) is 39.1 Å². The van der Waals surface area contributed by atoms with Gasteiger partial charge in [0, 0.05) is 0 Å². The predicted molar refractivity (Wildman–Crippen MR) is 58.5 cm³/mol. The molecule has 0 N–H and O–H groups in total. The van der Waals surface area contributed by atoms with Crippen LogP contribution in [0.5, 0.6) is 0 Å². The average molecular weight is 266 g/mol. The Hall–Kier alpha value is -1.12. The molecule has 1 aliphatic rings. The van der Waals surface area contributed by atoms with Crippen molar-refractivity contribution >= 4 is 30.3 Å². The Morgan fingerprint density at radius 3 is 2.73 bits per heavy atom. The molecule has 1 saturated carbocycles. The summed E-state index contributed by atoms with van der Waals surface area (Å²) >= 11 is -0.132. The van der Waals surface area contributed by atoms with Crippen LogP contribution in [0, 0.1) is 5.92 Å². The Morgan fingerprint density at radius 1 is 1.33 bits per heavy atom. The summed E-state index contributed by atoms with van der Waals surface area (Å²) in [6.45, 7) is 0. The first kappa shape index (κ1) is 9.13. The second kappa shape index (κ2) is 3.19. The van der Waals surface area contributed by atoms with E-state index in [0.29, 0.717) is 5.39 Å². The van der Waals surface area contributed by atoms with Crippen molar-refractivity contribution in [2.75, 3.05) is 0 Å². The minimum atomic E-state index is -0.132. The van der Waals surface area contributed by atoms with E-state index in [1.54, 1.807) is 6.07 Å². The van der Waals surface area contributed by atoms with Crippen LogP contribution in [0.3, 0.4) is 0 Å². The summed E-state index contributed by atoms with van der Waals surface area (Å²) in [6, 6.07) is 7.50. The second-order valence-corrected chi connectivity index (χ2v) is 5.87. The molecule has 76 valence electrons. The van der Waals surface area contributed by atoms with Gasteiger partial charge >= 0.3 is 92.0 Å². The Balaban J connectivity index is 2.23. The van der Waals surface area contributed by atoms with E-state index >= 15 is 0 Å². The summed E-state index contributed by atoms with van der Waals surface area (Å²) in [7, 11) is 0. The fraction of sp³-hybridized carbons (Fsp3) is 0.273. The predicted octanol–water partition coefficient (Wildman–Crippen LogP) is 1.11. The Morgan fingerprint density at radius 2 is 2.07 bits per heavy atom. The summed E-state index contributed by atoms with van der Waals surface area (Å²) in [6.07, 6.45) is 1.91. The van der Waals surface area contributed by atoms with Gasteiger partial charge in [-0.05, 0) is 0 Å². The summed E-state index contributed by atoms with van der Waals surface area (Å²) in [5.41, 5.74) is -0.0949. The number of carbonyl (C=O) groups excluding carboxylic acids is 1. The van der Waals surface area contributed by atoms with Crippen LogP contribution in [0.4, 0.5) is 0 Å². The Kier molecular flexibility index (Phi) is 1.94. The van der Waals surface area contributed by atoms with E-state index in [4.69, 9.17) is 0 Å². The molecule has 1 fully saturated rings. The molecule has 0 radical (unpaired) electrons. The van der Waals surface area contributed by atoms with Crippen LogP contribution in [0.1, 0.15) is 17.6 Å². The summed E-state index contributed by atoms with van der Waals surface area (Å²) < 4.78 is 2.49. The summed E-state index contributed by atoms with van der Waals surface area (Å²) in [5, 5.41) is 0.714. The third kappa shape index (κ3) is 1.41. The van der Waals surface area contributed by atoms with Gasteiger partial charge in [-0.15, -0.1) is 0 Å². The molecule has 0 bridgehead atoms. The molecule has 0 atom stereocenters. The number of benzene rings is 1. The van der Waals surface area contributed by atoms with Crippen LogP contribution in [-0.2, 0) is 0 Å². The third-order valence-corrected chi connectivity index (χ3v) is 4.89. The Bertz CT molecular complexity index is 592. The number of carbonyl (C=O) groups is 1. The maximum atomic E-state index is 11.9. The third-order valence-electron chi connectivity index (χ3n) is 2.62. The molecular weight excluding hydrogens is 257 g/mol. The van der Waals surface area contributed by atoms with Crippen LogP contribution in [0.2, 0.25) is 0 Å². The van der Waals surface area contributed by atoms with Crippen molar-refractivity contribution < 1.29 is 4.79 Å². The van der Waals surface area contributed by atoms with Crippen molar-refractivity contribution in [3.05, 3.63) is 34.6 Å². The Labute approximate surface area is 92.3 Å². The number of hydrogen-bond acceptors (Lipinski definition) is 2. The van der Waals surface area contributed by atoms with Gasteiger partial charge in [0.25, 0.3) is 0 Å². The first-order valence-electron chi connectivity index (χ1n) is 4.92. The molecular formula is C11H9NO2Se. The van der Waals surface area contributed by atoms with E-state index < -0.39 is 0 Å². The monoisotopic (exact) mass is 267 g/mol. The van der Waals surface area contributed by atoms with Crippen molar-refractivity contribution in [1.29, 1.82) is 0 Å². The van der Waals surface area contributed by atoms with E-state index in [-0.39, 0.29) is 32.1 Å². The maximum absolute atomic E-state index is 11.9. The molecule has 1 aromatic carbocycles. The fourth-order valence-electron chi connectivity index (χ4n) is 1.61. The van der Waals surface area contributed by atoms with E-state index in [2.05, 4.69) is 0 Å². The van der Waals surface area contributed by atoms with Crippen molar-refractivity contribution in [2.24, 2.45) is 5.92 Å². The van der Waals surface area contributed by atoms with Gasteiger partial charge in [0.1, 0.15) is 0 Å². The van der Waals surface area contributed by atoms with Crippen molar-refractivity contribution in [1.82, 2.24) is 3.56 Å². The first-order valence-corrected chi connectivity index (χ1v) is 6.55. The molecule has 1 heterocycles. The van der Waals surface area contributed by atoms with Gasteiger partial charge in [-0.3, -0.25) is 0 Å². The van der Waals surface area contributed by atoms with Crippen LogP contribution in [-0.4, -0.2) is 24.2 Å². The van der Waals surface area contributed by atoms with Crippen molar-refractivity contribution in [2.45, 2.75) is 12.8 Å². The molecule has 0 amide bonds. The SMILES string of the molecule is O=C(C1CC1)n1[se]c2ccccc2c1=O. The van der Waals surface area contributed by atoms with Gasteiger partial charge in [-0.2, -0.15) is 0 Å². The van der Waals surface area contributed by atoms with Crippen LogP contribution < -0.4 is 5.56 Å². The standard InChI is InChI=1S/C11H9NO2Se/c13-10(7-5-6-7)12-11(14)8-3-1-2-4-9(8)15-12/h1-4,7H,5-6H2. The van der Waals surface area contributed by atoms with Gasteiger partial charge in [-0.25, -0.2) is 0 Å². The van der Waals surface area contributed by atoms with Gasteiger partial charge < -0.3 is 0 Å². The van der Waals surface area contributed by atoms with Crippen LogP contribution in [0.15, 0.2) is 29.1 Å². The zero-order chi connectivity index (χ0) is 10.4. The van der Waals surface area contributed by atoms with Crippen LogP contribution >= 0.6 is 0 Å². The minimum absolute atomic E-state index is 0.0381. The van der Waals surface area contributed by atoms with E-state index in [1.165, 1.54) is 3.56 Å². The average Bonchev–Trinajstić information content (AvgIpc) is 3.04. The molecule has 0 aliphatic heterocycles. The molecule has 2 aromatic rings. The molecule has 0 spiro atoms. The van der Waals surface area contributed by atoms with Crippen molar-refractivity contribution in [3.8, 4) is 0 Å². The molecule has 15 heavy (non-hydrogen) atoms. The number of fused-ring (bicyclic) bond motifs is 1. The summed E-state index contributed by atoms with van der Waals surface area (Å²) in [5.74, 6) is 0.168. The molecule has 3 rings (SSSR count). The molecule has 1 aromatic heterocycles. The van der Waals surface area contributed by atoms with E-state index in [0.717, 1.165) is 17.1 Å².